The number of fused-ring (bicyclic) bond motifs is 1. The summed E-state index contributed by atoms with van der Waals surface area (Å²) < 4.78 is 2.63. The SMILES string of the molecule is Cc1ccc(CCc2ncc3c(n2)n(C(=O)N2CCCC2)c(=O)n3C)cc1. The zero-order valence-electron chi connectivity index (χ0n) is 15.7. The van der Waals surface area contributed by atoms with E-state index in [1.165, 1.54) is 20.3 Å². The third-order valence-electron chi connectivity index (χ3n) is 5.18. The second-order valence-electron chi connectivity index (χ2n) is 7.13. The molecule has 140 valence electrons. The summed E-state index contributed by atoms with van der Waals surface area (Å²) in [6, 6.07) is 8.09. The number of aromatic nitrogens is 4. The Balaban J connectivity index is 1.66. The van der Waals surface area contributed by atoms with Crippen molar-refractivity contribution in [3.63, 3.8) is 0 Å². The second kappa shape index (κ2) is 6.98. The van der Waals surface area contributed by atoms with Crippen LogP contribution in [0.4, 0.5) is 4.79 Å². The van der Waals surface area contributed by atoms with Gasteiger partial charge in [-0.15, -0.1) is 0 Å². The van der Waals surface area contributed by atoms with Crippen LogP contribution in [0.25, 0.3) is 11.2 Å². The van der Waals surface area contributed by atoms with Crippen LogP contribution in [-0.2, 0) is 19.9 Å². The molecule has 2 aromatic heterocycles. The Morgan fingerprint density at radius 3 is 2.52 bits per heavy atom. The molecule has 0 unspecified atom stereocenters. The van der Waals surface area contributed by atoms with Gasteiger partial charge in [-0.25, -0.2) is 19.6 Å². The lowest BCUT2D eigenvalue weighted by Crippen LogP contribution is -2.38. The Kier molecular flexibility index (Phi) is 4.51. The Morgan fingerprint density at radius 2 is 1.81 bits per heavy atom. The number of benzene rings is 1. The van der Waals surface area contributed by atoms with Gasteiger partial charge < -0.3 is 4.90 Å². The number of hydrogen-bond acceptors (Lipinski definition) is 4. The Hall–Kier alpha value is -2.96. The summed E-state index contributed by atoms with van der Waals surface area (Å²) in [5.41, 5.74) is 3.04. The third-order valence-corrected chi connectivity index (χ3v) is 5.18. The predicted molar refractivity (Wildman–Crippen MR) is 103 cm³/mol. The number of amides is 1. The fraction of sp³-hybridized carbons (Fsp3) is 0.400. The van der Waals surface area contributed by atoms with Crippen molar-refractivity contribution in [1.29, 1.82) is 0 Å². The number of rotatable bonds is 3. The molecular weight excluding hydrogens is 342 g/mol. The van der Waals surface area contributed by atoms with Gasteiger partial charge in [0.15, 0.2) is 5.65 Å². The van der Waals surface area contributed by atoms with Crippen molar-refractivity contribution in [1.82, 2.24) is 24.0 Å². The van der Waals surface area contributed by atoms with Gasteiger partial charge in [-0.3, -0.25) is 4.57 Å². The third kappa shape index (κ3) is 3.25. The minimum absolute atomic E-state index is 0.286. The fourth-order valence-electron chi connectivity index (χ4n) is 3.50. The van der Waals surface area contributed by atoms with E-state index in [2.05, 4.69) is 41.2 Å². The predicted octanol–water partition coefficient (Wildman–Crippen LogP) is 2.29. The molecule has 1 saturated heterocycles. The maximum absolute atomic E-state index is 12.8. The lowest BCUT2D eigenvalue weighted by atomic mass is 10.1. The van der Waals surface area contributed by atoms with E-state index in [0.717, 1.165) is 19.3 Å². The van der Waals surface area contributed by atoms with E-state index in [0.29, 0.717) is 36.5 Å². The van der Waals surface area contributed by atoms with Crippen molar-refractivity contribution >= 4 is 17.2 Å². The zero-order valence-corrected chi connectivity index (χ0v) is 15.7. The lowest BCUT2D eigenvalue weighted by Gasteiger charge is -2.14. The molecule has 0 N–H and O–H groups in total. The first kappa shape index (κ1) is 17.5. The van der Waals surface area contributed by atoms with Crippen LogP contribution in [0, 0.1) is 6.92 Å². The van der Waals surface area contributed by atoms with Crippen molar-refractivity contribution < 1.29 is 4.79 Å². The molecule has 0 spiro atoms. The fourth-order valence-corrected chi connectivity index (χ4v) is 3.50. The van der Waals surface area contributed by atoms with Gasteiger partial charge in [0.1, 0.15) is 11.3 Å². The Labute approximate surface area is 157 Å². The zero-order chi connectivity index (χ0) is 19.0. The van der Waals surface area contributed by atoms with Gasteiger partial charge in [0, 0.05) is 26.6 Å². The molecule has 0 radical (unpaired) electrons. The maximum atomic E-state index is 12.8. The summed E-state index contributed by atoms with van der Waals surface area (Å²) in [5.74, 6) is 0.636. The monoisotopic (exact) mass is 365 g/mol. The van der Waals surface area contributed by atoms with Gasteiger partial charge in [0.05, 0.1) is 6.20 Å². The summed E-state index contributed by atoms with van der Waals surface area (Å²) in [6.45, 7) is 3.44. The summed E-state index contributed by atoms with van der Waals surface area (Å²) in [7, 11) is 1.65. The van der Waals surface area contributed by atoms with E-state index in [4.69, 9.17) is 0 Å². The number of likely N-dealkylation sites (tertiary alicyclic amines) is 1. The molecule has 4 rings (SSSR count). The quantitative estimate of drug-likeness (QED) is 0.714. The second-order valence-corrected chi connectivity index (χ2v) is 7.13. The number of carbonyl (C=O) groups excluding carboxylic acids is 1. The molecule has 7 heteroatoms. The van der Waals surface area contributed by atoms with Crippen LogP contribution in [0.5, 0.6) is 0 Å². The first-order valence-electron chi connectivity index (χ1n) is 9.33. The number of carbonyl (C=O) groups is 1. The smallest absolute Gasteiger partial charge is 0.324 e. The van der Waals surface area contributed by atoms with Gasteiger partial charge in [-0.1, -0.05) is 29.8 Å². The molecule has 3 heterocycles. The Morgan fingerprint density at radius 1 is 1.11 bits per heavy atom. The molecule has 3 aromatic rings. The van der Waals surface area contributed by atoms with Crippen molar-refractivity contribution in [2.75, 3.05) is 13.1 Å². The van der Waals surface area contributed by atoms with E-state index >= 15 is 0 Å². The highest BCUT2D eigenvalue weighted by atomic mass is 16.2. The number of nitrogens with zero attached hydrogens (tertiary/aromatic N) is 5. The van der Waals surface area contributed by atoms with Crippen LogP contribution in [0.15, 0.2) is 35.3 Å². The summed E-state index contributed by atoms with van der Waals surface area (Å²) in [4.78, 5) is 36.1. The molecule has 7 nitrogen and oxygen atoms in total. The van der Waals surface area contributed by atoms with E-state index in [-0.39, 0.29) is 11.7 Å². The van der Waals surface area contributed by atoms with Crippen molar-refractivity contribution in [3.05, 3.63) is 57.9 Å². The van der Waals surface area contributed by atoms with Crippen LogP contribution in [0.1, 0.15) is 29.8 Å². The molecule has 1 amide bonds. The molecule has 1 aliphatic rings. The normalized spacial score (nSPS) is 14.2. The average molecular weight is 365 g/mol. The molecule has 1 fully saturated rings. The summed E-state index contributed by atoms with van der Waals surface area (Å²) >= 11 is 0. The van der Waals surface area contributed by atoms with Gasteiger partial charge in [0.25, 0.3) is 0 Å². The first-order chi connectivity index (χ1) is 13.0. The molecular formula is C20H23N5O2. The lowest BCUT2D eigenvalue weighted by molar-refractivity contribution is 0.210. The van der Waals surface area contributed by atoms with Crippen LogP contribution in [0.2, 0.25) is 0 Å². The van der Waals surface area contributed by atoms with Crippen LogP contribution in [-0.4, -0.2) is 43.1 Å². The van der Waals surface area contributed by atoms with E-state index < -0.39 is 0 Å². The topological polar surface area (TPSA) is 73.0 Å². The number of aryl methyl sites for hydroxylation is 4. The van der Waals surface area contributed by atoms with Crippen LogP contribution < -0.4 is 5.69 Å². The molecule has 0 saturated carbocycles. The van der Waals surface area contributed by atoms with Crippen molar-refractivity contribution in [2.45, 2.75) is 32.6 Å². The van der Waals surface area contributed by atoms with Gasteiger partial charge in [0.2, 0.25) is 0 Å². The molecule has 0 bridgehead atoms. The molecule has 1 aliphatic heterocycles. The minimum atomic E-state index is -0.369. The van der Waals surface area contributed by atoms with Gasteiger partial charge >= 0.3 is 11.7 Å². The van der Waals surface area contributed by atoms with Crippen molar-refractivity contribution in [2.24, 2.45) is 7.05 Å². The summed E-state index contributed by atoms with van der Waals surface area (Å²) in [6.07, 6.45) is 5.05. The highest BCUT2D eigenvalue weighted by molar-refractivity contribution is 5.87. The van der Waals surface area contributed by atoms with Crippen LogP contribution >= 0.6 is 0 Å². The number of imidazole rings is 1. The standard InChI is InChI=1S/C20H23N5O2/c1-14-5-7-15(8-6-14)9-10-17-21-13-16-18(22-17)25(19(26)23(16)2)20(27)24-11-3-4-12-24/h5-8,13H,3-4,9-12H2,1-2H3. The molecule has 27 heavy (non-hydrogen) atoms. The molecule has 0 atom stereocenters. The maximum Gasteiger partial charge on any atom is 0.338 e. The molecule has 0 aliphatic carbocycles. The van der Waals surface area contributed by atoms with Crippen molar-refractivity contribution in [3.8, 4) is 0 Å². The highest BCUT2D eigenvalue weighted by Crippen LogP contribution is 2.15. The Bertz CT molecular complexity index is 1040. The van der Waals surface area contributed by atoms with Gasteiger partial charge in [-0.2, -0.15) is 4.57 Å². The van der Waals surface area contributed by atoms with E-state index in [9.17, 15) is 9.59 Å². The van der Waals surface area contributed by atoms with E-state index in [1.807, 2.05) is 0 Å². The van der Waals surface area contributed by atoms with Crippen LogP contribution in [0.3, 0.4) is 0 Å². The molecule has 1 aromatic carbocycles. The largest absolute Gasteiger partial charge is 0.338 e. The van der Waals surface area contributed by atoms with Gasteiger partial charge in [-0.05, 0) is 31.7 Å². The van der Waals surface area contributed by atoms with E-state index in [1.54, 1.807) is 18.1 Å². The number of hydrogen-bond donors (Lipinski definition) is 0. The average Bonchev–Trinajstić information content (AvgIpc) is 3.29. The summed E-state index contributed by atoms with van der Waals surface area (Å²) in [5, 5.41) is 0. The first-order valence-corrected chi connectivity index (χ1v) is 9.33. The minimum Gasteiger partial charge on any atom is -0.324 e. The highest BCUT2D eigenvalue weighted by Gasteiger charge is 2.25.